The van der Waals surface area contributed by atoms with E-state index in [1.807, 2.05) is 26.0 Å². The summed E-state index contributed by atoms with van der Waals surface area (Å²) in [5, 5.41) is 4.27. The zero-order valence-corrected chi connectivity index (χ0v) is 16.1. The lowest BCUT2D eigenvalue weighted by Gasteiger charge is -2.19. The summed E-state index contributed by atoms with van der Waals surface area (Å²) in [5.41, 5.74) is 9.26. The summed E-state index contributed by atoms with van der Waals surface area (Å²) in [7, 11) is 0. The van der Waals surface area contributed by atoms with Gasteiger partial charge in [0.2, 0.25) is 5.91 Å². The molecule has 0 aliphatic carbocycles. The van der Waals surface area contributed by atoms with Gasteiger partial charge in [-0.1, -0.05) is 62.7 Å². The normalized spacial score (nSPS) is 12.2. The van der Waals surface area contributed by atoms with Crippen LogP contribution in [-0.4, -0.2) is 11.6 Å². The zero-order chi connectivity index (χ0) is 18.6. The number of aryl methyl sites for hydroxylation is 2. The van der Waals surface area contributed by atoms with E-state index in [4.69, 9.17) is 0 Å². The summed E-state index contributed by atoms with van der Waals surface area (Å²) in [6.07, 6.45) is 0.327. The first kappa shape index (κ1) is 18.9. The van der Waals surface area contributed by atoms with Crippen molar-refractivity contribution in [2.45, 2.75) is 53.4 Å². The fraction of sp³-hybridized carbons (Fsp3) is 0.364. The van der Waals surface area contributed by atoms with Crippen molar-refractivity contribution in [3.05, 3.63) is 70.3 Å². The molecule has 3 heteroatoms. The minimum Gasteiger partial charge on any atom is -0.273 e. The van der Waals surface area contributed by atoms with Crippen LogP contribution in [0.3, 0.4) is 0 Å². The van der Waals surface area contributed by atoms with Crippen molar-refractivity contribution < 1.29 is 4.79 Å². The predicted molar refractivity (Wildman–Crippen MR) is 105 cm³/mol. The van der Waals surface area contributed by atoms with Crippen LogP contribution in [0.25, 0.3) is 0 Å². The maximum absolute atomic E-state index is 12.2. The average molecular weight is 336 g/mol. The monoisotopic (exact) mass is 336 g/mol. The van der Waals surface area contributed by atoms with Crippen molar-refractivity contribution in [1.29, 1.82) is 0 Å². The molecule has 0 aromatic heterocycles. The molecule has 0 unspecified atom stereocenters. The summed E-state index contributed by atoms with van der Waals surface area (Å²) >= 11 is 0. The molecule has 0 bridgehead atoms. The second-order valence-corrected chi connectivity index (χ2v) is 7.67. The molecule has 0 saturated carbocycles. The van der Waals surface area contributed by atoms with Crippen LogP contribution in [0, 0.1) is 13.8 Å². The SMILES string of the molecule is C/C(=N/NC(=O)Cc1ccc(C(C)(C)C)cc1)c1cc(C)ccc1C. The highest BCUT2D eigenvalue weighted by Crippen LogP contribution is 2.22. The van der Waals surface area contributed by atoms with Crippen LogP contribution in [-0.2, 0) is 16.6 Å². The lowest BCUT2D eigenvalue weighted by molar-refractivity contribution is -0.120. The Morgan fingerprint density at radius 2 is 1.68 bits per heavy atom. The third-order valence-corrected chi connectivity index (χ3v) is 4.32. The van der Waals surface area contributed by atoms with Crippen LogP contribution >= 0.6 is 0 Å². The predicted octanol–water partition coefficient (Wildman–Crippen LogP) is 4.68. The fourth-order valence-corrected chi connectivity index (χ4v) is 2.68. The van der Waals surface area contributed by atoms with Gasteiger partial charge in [-0.2, -0.15) is 5.10 Å². The molecule has 25 heavy (non-hydrogen) atoms. The van der Waals surface area contributed by atoms with E-state index in [-0.39, 0.29) is 11.3 Å². The van der Waals surface area contributed by atoms with Gasteiger partial charge in [-0.05, 0) is 48.9 Å². The molecule has 2 rings (SSSR count). The molecular formula is C22H28N2O. The number of carbonyl (C=O) groups is 1. The smallest absolute Gasteiger partial charge is 0.244 e. The molecule has 0 aliphatic heterocycles. The molecule has 0 saturated heterocycles. The molecule has 3 nitrogen and oxygen atoms in total. The van der Waals surface area contributed by atoms with E-state index in [1.165, 1.54) is 11.1 Å². The minimum atomic E-state index is -0.104. The molecule has 0 aliphatic rings. The Hall–Kier alpha value is -2.42. The van der Waals surface area contributed by atoms with E-state index in [0.717, 1.165) is 22.4 Å². The summed E-state index contributed by atoms with van der Waals surface area (Å²) < 4.78 is 0. The van der Waals surface area contributed by atoms with Crippen molar-refractivity contribution in [2.75, 3.05) is 0 Å². The molecule has 2 aromatic carbocycles. The number of benzene rings is 2. The van der Waals surface area contributed by atoms with Crippen LogP contribution in [0.4, 0.5) is 0 Å². The van der Waals surface area contributed by atoms with Crippen LogP contribution in [0.1, 0.15) is 55.5 Å². The Morgan fingerprint density at radius 3 is 2.28 bits per heavy atom. The fourth-order valence-electron chi connectivity index (χ4n) is 2.68. The summed E-state index contributed by atoms with van der Waals surface area (Å²) in [5.74, 6) is -0.104. The highest BCUT2D eigenvalue weighted by Gasteiger charge is 2.13. The van der Waals surface area contributed by atoms with Crippen molar-refractivity contribution in [3.8, 4) is 0 Å². The molecular weight excluding hydrogens is 308 g/mol. The first-order chi connectivity index (χ1) is 11.7. The molecule has 0 heterocycles. The Morgan fingerprint density at radius 1 is 1.04 bits per heavy atom. The number of rotatable bonds is 4. The molecule has 0 spiro atoms. The number of nitrogens with one attached hydrogen (secondary N) is 1. The van der Waals surface area contributed by atoms with Crippen LogP contribution in [0.5, 0.6) is 0 Å². The van der Waals surface area contributed by atoms with Gasteiger partial charge in [-0.3, -0.25) is 4.79 Å². The number of carbonyl (C=O) groups excluding carboxylic acids is 1. The van der Waals surface area contributed by atoms with Gasteiger partial charge >= 0.3 is 0 Å². The lowest BCUT2D eigenvalue weighted by Crippen LogP contribution is -2.21. The highest BCUT2D eigenvalue weighted by molar-refractivity contribution is 6.00. The Kier molecular flexibility index (Phi) is 5.78. The summed E-state index contributed by atoms with van der Waals surface area (Å²) in [6, 6.07) is 14.4. The summed E-state index contributed by atoms with van der Waals surface area (Å²) in [4.78, 5) is 12.2. The van der Waals surface area contributed by atoms with E-state index >= 15 is 0 Å². The van der Waals surface area contributed by atoms with E-state index in [2.05, 4.69) is 68.6 Å². The van der Waals surface area contributed by atoms with Gasteiger partial charge < -0.3 is 0 Å². The van der Waals surface area contributed by atoms with Crippen molar-refractivity contribution >= 4 is 11.6 Å². The second-order valence-electron chi connectivity index (χ2n) is 7.67. The molecule has 0 atom stereocenters. The van der Waals surface area contributed by atoms with Gasteiger partial charge in [-0.15, -0.1) is 0 Å². The number of nitrogens with zero attached hydrogens (tertiary/aromatic N) is 1. The third-order valence-electron chi connectivity index (χ3n) is 4.32. The van der Waals surface area contributed by atoms with Crippen LogP contribution < -0.4 is 5.43 Å². The minimum absolute atomic E-state index is 0.104. The molecule has 0 fully saturated rings. The number of amides is 1. The maximum Gasteiger partial charge on any atom is 0.244 e. The molecule has 1 amide bonds. The first-order valence-electron chi connectivity index (χ1n) is 8.67. The number of hydrogen-bond acceptors (Lipinski definition) is 2. The standard InChI is InChI=1S/C22H28N2O/c1-15-7-8-16(2)20(13-15)17(3)23-24-21(25)14-18-9-11-19(12-10-18)22(4,5)6/h7-13H,14H2,1-6H3,(H,24,25)/b23-17-. The maximum atomic E-state index is 12.2. The Bertz CT molecular complexity index is 781. The molecule has 2 aromatic rings. The van der Waals surface area contributed by atoms with Crippen LogP contribution in [0.15, 0.2) is 47.6 Å². The Balaban J connectivity index is 2.01. The zero-order valence-electron chi connectivity index (χ0n) is 16.1. The van der Waals surface area contributed by atoms with Crippen molar-refractivity contribution in [3.63, 3.8) is 0 Å². The quantitative estimate of drug-likeness (QED) is 0.639. The topological polar surface area (TPSA) is 41.5 Å². The largest absolute Gasteiger partial charge is 0.273 e. The molecule has 0 radical (unpaired) electrons. The molecule has 1 N–H and O–H groups in total. The number of hydrazone groups is 1. The second kappa shape index (κ2) is 7.64. The van der Waals surface area contributed by atoms with E-state index in [1.54, 1.807) is 0 Å². The van der Waals surface area contributed by atoms with Gasteiger partial charge in [0.15, 0.2) is 0 Å². The van der Waals surface area contributed by atoms with Crippen molar-refractivity contribution in [2.24, 2.45) is 5.10 Å². The summed E-state index contributed by atoms with van der Waals surface area (Å²) in [6.45, 7) is 12.6. The van der Waals surface area contributed by atoms with E-state index in [9.17, 15) is 4.79 Å². The third kappa shape index (κ3) is 5.28. The van der Waals surface area contributed by atoms with Gasteiger partial charge in [0.25, 0.3) is 0 Å². The molecule has 132 valence electrons. The van der Waals surface area contributed by atoms with E-state index in [0.29, 0.717) is 6.42 Å². The van der Waals surface area contributed by atoms with Gasteiger partial charge in [0.05, 0.1) is 12.1 Å². The van der Waals surface area contributed by atoms with Gasteiger partial charge in [-0.25, -0.2) is 5.43 Å². The van der Waals surface area contributed by atoms with E-state index < -0.39 is 0 Å². The highest BCUT2D eigenvalue weighted by atomic mass is 16.2. The average Bonchev–Trinajstić information content (AvgIpc) is 2.54. The van der Waals surface area contributed by atoms with Gasteiger partial charge in [0, 0.05) is 5.56 Å². The lowest BCUT2D eigenvalue weighted by atomic mass is 9.86. The first-order valence-corrected chi connectivity index (χ1v) is 8.67. The Labute approximate surface area is 151 Å². The number of hydrogen-bond donors (Lipinski definition) is 1. The van der Waals surface area contributed by atoms with Gasteiger partial charge in [0.1, 0.15) is 0 Å². The van der Waals surface area contributed by atoms with Crippen molar-refractivity contribution in [1.82, 2.24) is 5.43 Å². The van der Waals surface area contributed by atoms with Crippen LogP contribution in [0.2, 0.25) is 0 Å².